The van der Waals surface area contributed by atoms with E-state index < -0.39 is 43.8 Å². The number of aliphatic carboxylic acids is 2. The highest BCUT2D eigenvalue weighted by Crippen LogP contribution is 2.00. The number of carboxylic acid groups (broad SMARTS) is 2. The fourth-order valence-electron chi connectivity index (χ4n) is 0.581. The number of carbonyl (C=O) groups is 2. The van der Waals surface area contributed by atoms with Gasteiger partial charge in [-0.05, 0) is 0 Å². The Labute approximate surface area is 98.5 Å². The van der Waals surface area contributed by atoms with E-state index in [-0.39, 0.29) is 6.42 Å². The van der Waals surface area contributed by atoms with Crippen molar-refractivity contribution in [2.45, 2.75) is 18.9 Å². The van der Waals surface area contributed by atoms with Gasteiger partial charge in [0.1, 0.15) is 0 Å². The molecule has 0 aromatic rings. The minimum atomic E-state index is -1.31. The first-order valence-electron chi connectivity index (χ1n) is 4.88. The topological polar surface area (TPSA) is 147 Å². The fourth-order valence-corrected chi connectivity index (χ4v) is 0.581. The Morgan fingerprint density at radius 2 is 1.35 bits per heavy atom. The van der Waals surface area contributed by atoms with Gasteiger partial charge in [0, 0.05) is 6.42 Å². The first-order valence-corrected chi connectivity index (χ1v) is 4.88. The first-order chi connectivity index (χ1) is 7.87. The van der Waals surface area contributed by atoms with Crippen molar-refractivity contribution in [3.8, 4) is 0 Å². The van der Waals surface area contributed by atoms with Crippen LogP contribution in [0.15, 0.2) is 0 Å². The predicted molar refractivity (Wildman–Crippen MR) is 57.6 cm³/mol. The van der Waals surface area contributed by atoms with Crippen LogP contribution in [-0.4, -0.2) is 69.4 Å². The number of aliphatic hydroxyl groups excluding tert-OH is 3. The minimum Gasteiger partial charge on any atom is -0.481 e. The Morgan fingerprint density at radius 1 is 1.00 bits per heavy atom. The van der Waals surface area contributed by atoms with Crippen LogP contribution in [-0.2, 0) is 9.59 Å². The van der Waals surface area contributed by atoms with Crippen LogP contribution in [0.2, 0.25) is 0 Å². The van der Waals surface area contributed by atoms with Gasteiger partial charge >= 0.3 is 11.9 Å². The molecule has 0 aromatic carbocycles. The third-order valence-electron chi connectivity index (χ3n) is 1.83. The van der Waals surface area contributed by atoms with Crippen molar-refractivity contribution in [2.24, 2.45) is 0 Å². The van der Waals surface area contributed by atoms with Crippen LogP contribution < -0.4 is 5.32 Å². The van der Waals surface area contributed by atoms with E-state index in [2.05, 4.69) is 5.32 Å². The number of hydrogen-bond donors (Lipinski definition) is 6. The lowest BCUT2D eigenvalue weighted by atomic mass is 10.0. The summed E-state index contributed by atoms with van der Waals surface area (Å²) < 4.78 is 0. The quantitative estimate of drug-likeness (QED) is 0.301. The summed E-state index contributed by atoms with van der Waals surface area (Å²) >= 11 is 0. The van der Waals surface area contributed by atoms with E-state index in [4.69, 9.17) is 25.5 Å². The molecule has 8 nitrogen and oxygen atoms in total. The molecule has 0 rings (SSSR count). The molecule has 0 unspecified atom stereocenters. The molecule has 17 heavy (non-hydrogen) atoms. The number of hydrogen-bond acceptors (Lipinski definition) is 6. The zero-order valence-electron chi connectivity index (χ0n) is 9.59. The van der Waals surface area contributed by atoms with Crippen molar-refractivity contribution in [1.82, 2.24) is 5.32 Å². The average Bonchev–Trinajstić information content (AvgIpc) is 2.32. The van der Waals surface area contributed by atoms with Crippen molar-refractivity contribution in [2.75, 3.05) is 26.4 Å². The van der Waals surface area contributed by atoms with Gasteiger partial charge in [-0.3, -0.25) is 14.9 Å². The molecule has 0 heterocycles. The largest absolute Gasteiger partial charge is 0.481 e. The normalized spacial score (nSPS) is 10.4. The Bertz CT molecular complexity index is 219. The summed E-state index contributed by atoms with van der Waals surface area (Å²) in [6.07, 6.45) is 0.222. The minimum absolute atomic E-state index is 0.222. The molecule has 0 fully saturated rings. The average molecular weight is 253 g/mol. The lowest BCUT2D eigenvalue weighted by Crippen LogP contribution is -2.56. The second-order valence-corrected chi connectivity index (χ2v) is 3.25. The maximum atomic E-state index is 10.1. The smallest absolute Gasteiger partial charge is 0.317 e. The van der Waals surface area contributed by atoms with Crippen LogP contribution >= 0.6 is 0 Å². The molecule has 8 heteroatoms. The lowest BCUT2D eigenvalue weighted by molar-refractivity contribution is -0.137. The zero-order chi connectivity index (χ0) is 13.9. The summed E-state index contributed by atoms with van der Waals surface area (Å²) in [6.45, 7) is -0.377. The third kappa shape index (κ3) is 9.69. The van der Waals surface area contributed by atoms with Gasteiger partial charge in [-0.2, -0.15) is 0 Å². The SMILES string of the molecule is CCC(=O)O.O=C(O)CNC(CO)(CO)CO. The molecule has 0 atom stereocenters. The van der Waals surface area contributed by atoms with Crippen LogP contribution in [0.3, 0.4) is 0 Å². The van der Waals surface area contributed by atoms with Gasteiger partial charge in [-0.1, -0.05) is 6.92 Å². The highest BCUT2D eigenvalue weighted by molar-refractivity contribution is 5.69. The molecule has 102 valence electrons. The zero-order valence-corrected chi connectivity index (χ0v) is 9.59. The second-order valence-electron chi connectivity index (χ2n) is 3.25. The van der Waals surface area contributed by atoms with Gasteiger partial charge in [0.2, 0.25) is 0 Å². The Morgan fingerprint density at radius 3 is 1.53 bits per heavy atom. The number of aliphatic hydroxyl groups is 3. The molecule has 0 amide bonds. The molecule has 0 aliphatic rings. The van der Waals surface area contributed by atoms with Crippen molar-refractivity contribution in [1.29, 1.82) is 0 Å². The van der Waals surface area contributed by atoms with Crippen LogP contribution in [0.5, 0.6) is 0 Å². The van der Waals surface area contributed by atoms with Gasteiger partial charge in [0.25, 0.3) is 0 Å². The van der Waals surface area contributed by atoms with Gasteiger partial charge in [-0.25, -0.2) is 0 Å². The van der Waals surface area contributed by atoms with E-state index in [0.717, 1.165) is 0 Å². The van der Waals surface area contributed by atoms with Crippen LogP contribution in [0.4, 0.5) is 0 Å². The van der Waals surface area contributed by atoms with Crippen LogP contribution in [0, 0.1) is 0 Å². The van der Waals surface area contributed by atoms with Gasteiger partial charge in [-0.15, -0.1) is 0 Å². The van der Waals surface area contributed by atoms with E-state index >= 15 is 0 Å². The molecule has 0 aromatic heterocycles. The van der Waals surface area contributed by atoms with Crippen molar-refractivity contribution in [3.63, 3.8) is 0 Å². The van der Waals surface area contributed by atoms with E-state index in [0.29, 0.717) is 0 Å². The van der Waals surface area contributed by atoms with Crippen molar-refractivity contribution < 1.29 is 35.1 Å². The summed E-state index contributed by atoms with van der Waals surface area (Å²) in [5.74, 6) is -1.86. The van der Waals surface area contributed by atoms with Gasteiger partial charge in [0.15, 0.2) is 0 Å². The molecule has 0 radical (unpaired) electrons. The highest BCUT2D eigenvalue weighted by atomic mass is 16.4. The first kappa shape index (κ1) is 18.2. The van der Waals surface area contributed by atoms with E-state index in [1.165, 1.54) is 0 Å². The predicted octanol–water partition coefficient (Wildman–Crippen LogP) is -2.14. The maximum Gasteiger partial charge on any atom is 0.317 e. The third-order valence-corrected chi connectivity index (χ3v) is 1.83. The van der Waals surface area contributed by atoms with Crippen LogP contribution in [0.25, 0.3) is 0 Å². The highest BCUT2D eigenvalue weighted by Gasteiger charge is 2.27. The van der Waals surface area contributed by atoms with E-state index in [1.807, 2.05) is 0 Å². The van der Waals surface area contributed by atoms with E-state index in [1.54, 1.807) is 6.92 Å². The number of carboxylic acids is 2. The van der Waals surface area contributed by atoms with Gasteiger partial charge < -0.3 is 25.5 Å². The molecule has 0 aliphatic heterocycles. The van der Waals surface area contributed by atoms with E-state index in [9.17, 15) is 9.59 Å². The molecule has 0 aliphatic carbocycles. The standard InChI is InChI=1S/C6H13NO5.C3H6O2/c8-2-6(3-9,4-10)7-1-5(11)12;1-2-3(4)5/h7-10H,1-4H2,(H,11,12);2H2,1H3,(H,4,5). The molecule has 0 saturated heterocycles. The lowest BCUT2D eigenvalue weighted by Gasteiger charge is -2.27. The Balaban J connectivity index is 0. The van der Waals surface area contributed by atoms with Crippen molar-refractivity contribution in [3.05, 3.63) is 0 Å². The molecule has 0 bridgehead atoms. The van der Waals surface area contributed by atoms with Crippen LogP contribution in [0.1, 0.15) is 13.3 Å². The summed E-state index contributed by atoms with van der Waals surface area (Å²) in [5.41, 5.74) is -1.31. The molecular formula is C9H19NO7. The van der Waals surface area contributed by atoms with Crippen molar-refractivity contribution >= 4 is 11.9 Å². The molecular weight excluding hydrogens is 234 g/mol. The Hall–Kier alpha value is -1.22. The molecule has 0 saturated carbocycles. The summed E-state index contributed by atoms with van der Waals surface area (Å²) in [4.78, 5) is 19.5. The number of rotatable bonds is 7. The Kier molecular flexibility index (Phi) is 10.6. The molecule has 0 spiro atoms. The number of nitrogens with one attached hydrogen (secondary N) is 1. The second kappa shape index (κ2) is 9.97. The fraction of sp³-hybridized carbons (Fsp3) is 0.778. The summed E-state index contributed by atoms with van der Waals surface area (Å²) in [7, 11) is 0. The summed E-state index contributed by atoms with van der Waals surface area (Å²) in [6, 6.07) is 0. The molecule has 6 N–H and O–H groups in total. The summed E-state index contributed by atoms with van der Waals surface area (Å²) in [5, 5.41) is 44.5. The maximum absolute atomic E-state index is 10.1. The van der Waals surface area contributed by atoms with Gasteiger partial charge in [0.05, 0.1) is 31.9 Å². The monoisotopic (exact) mass is 253 g/mol.